The summed E-state index contributed by atoms with van der Waals surface area (Å²) < 4.78 is 39.4. The molecule has 0 saturated heterocycles. The number of nitrogens with zero attached hydrogens (tertiary/aromatic N) is 2. The number of anilines is 1. The third-order valence-corrected chi connectivity index (χ3v) is 9.68. The van der Waals surface area contributed by atoms with Gasteiger partial charge in [-0.1, -0.05) is 49.1 Å². The van der Waals surface area contributed by atoms with Crippen molar-refractivity contribution in [3.8, 4) is 11.5 Å². The molecule has 1 saturated carbocycles. The van der Waals surface area contributed by atoms with Gasteiger partial charge in [-0.05, 0) is 79.9 Å². The molecule has 9 nitrogen and oxygen atoms in total. The van der Waals surface area contributed by atoms with Crippen LogP contribution in [0.15, 0.2) is 77.7 Å². The maximum absolute atomic E-state index is 14.1. The van der Waals surface area contributed by atoms with E-state index in [0.717, 1.165) is 42.0 Å². The number of hydrogen-bond acceptors (Lipinski definition) is 6. The highest BCUT2D eigenvalue weighted by Crippen LogP contribution is 2.28. The van der Waals surface area contributed by atoms with Gasteiger partial charge in [-0.3, -0.25) is 13.9 Å². The van der Waals surface area contributed by atoms with Gasteiger partial charge in [-0.15, -0.1) is 0 Å². The molecule has 3 aromatic carbocycles. The lowest BCUT2D eigenvalue weighted by molar-refractivity contribution is -0.139. The zero-order chi connectivity index (χ0) is 31.0. The maximum Gasteiger partial charge on any atom is 0.264 e. The fourth-order valence-corrected chi connectivity index (χ4v) is 6.70. The Hall–Kier alpha value is -3.76. The fourth-order valence-electron chi connectivity index (χ4n) is 5.11. The number of benzene rings is 3. The highest BCUT2D eigenvalue weighted by molar-refractivity contribution is 7.92. The van der Waals surface area contributed by atoms with Crippen LogP contribution in [0, 0.1) is 0 Å². The number of methoxy groups -OCH3 is 2. The molecule has 1 aliphatic carbocycles. The average molecular weight is 628 g/mol. The molecule has 1 atom stereocenters. The highest BCUT2D eigenvalue weighted by atomic mass is 35.5. The Morgan fingerprint density at radius 2 is 1.53 bits per heavy atom. The first-order chi connectivity index (χ1) is 20.6. The van der Waals surface area contributed by atoms with Crippen molar-refractivity contribution in [2.75, 3.05) is 25.1 Å². The van der Waals surface area contributed by atoms with E-state index in [-0.39, 0.29) is 29.1 Å². The molecule has 0 radical (unpaired) electrons. The summed E-state index contributed by atoms with van der Waals surface area (Å²) in [5.74, 6) is 0.329. The first-order valence-corrected chi connectivity index (χ1v) is 16.1. The van der Waals surface area contributed by atoms with E-state index in [1.807, 2.05) is 12.1 Å². The average Bonchev–Trinajstić information content (AvgIpc) is 3.02. The van der Waals surface area contributed by atoms with Gasteiger partial charge < -0.3 is 19.7 Å². The molecular weight excluding hydrogens is 590 g/mol. The van der Waals surface area contributed by atoms with Crippen molar-refractivity contribution >= 4 is 39.1 Å². The first-order valence-electron chi connectivity index (χ1n) is 14.3. The minimum absolute atomic E-state index is 0.0223. The summed E-state index contributed by atoms with van der Waals surface area (Å²) in [6.45, 7) is 1.21. The molecule has 11 heteroatoms. The van der Waals surface area contributed by atoms with Gasteiger partial charge in [-0.2, -0.15) is 0 Å². The smallest absolute Gasteiger partial charge is 0.264 e. The van der Waals surface area contributed by atoms with Crippen LogP contribution < -0.4 is 19.1 Å². The van der Waals surface area contributed by atoms with E-state index in [9.17, 15) is 18.0 Å². The molecule has 0 aromatic heterocycles. The van der Waals surface area contributed by atoms with Crippen LogP contribution >= 0.6 is 11.6 Å². The van der Waals surface area contributed by atoms with Crippen LogP contribution in [0.1, 0.15) is 44.6 Å². The predicted molar refractivity (Wildman–Crippen MR) is 167 cm³/mol. The molecule has 1 fully saturated rings. The molecule has 230 valence electrons. The van der Waals surface area contributed by atoms with Gasteiger partial charge in [0.1, 0.15) is 24.1 Å². The van der Waals surface area contributed by atoms with Crippen LogP contribution in [0.5, 0.6) is 11.5 Å². The number of amides is 2. The zero-order valence-corrected chi connectivity index (χ0v) is 26.2. The Labute approximate surface area is 258 Å². The van der Waals surface area contributed by atoms with E-state index in [1.54, 1.807) is 56.5 Å². The summed E-state index contributed by atoms with van der Waals surface area (Å²) >= 11 is 6.24. The molecule has 0 aliphatic heterocycles. The Bertz CT molecular complexity index is 1490. The lowest BCUT2D eigenvalue weighted by atomic mass is 9.95. The van der Waals surface area contributed by atoms with E-state index in [4.69, 9.17) is 21.1 Å². The third-order valence-electron chi connectivity index (χ3n) is 7.65. The molecule has 1 unspecified atom stereocenters. The maximum atomic E-state index is 14.1. The van der Waals surface area contributed by atoms with Gasteiger partial charge in [-0.25, -0.2) is 8.42 Å². The van der Waals surface area contributed by atoms with Gasteiger partial charge >= 0.3 is 0 Å². The number of carbonyl (C=O) groups excluding carboxylic acids is 2. The topological polar surface area (TPSA) is 105 Å². The van der Waals surface area contributed by atoms with Crippen molar-refractivity contribution in [2.24, 2.45) is 0 Å². The van der Waals surface area contributed by atoms with Crippen molar-refractivity contribution in [3.05, 3.63) is 83.4 Å². The first kappa shape index (κ1) is 32.2. The predicted octanol–water partition coefficient (Wildman–Crippen LogP) is 5.42. The second-order valence-electron chi connectivity index (χ2n) is 10.6. The largest absolute Gasteiger partial charge is 0.497 e. The normalized spacial score (nSPS) is 14.4. The van der Waals surface area contributed by atoms with Crippen molar-refractivity contribution < 1.29 is 27.5 Å². The Balaban J connectivity index is 1.67. The Morgan fingerprint density at radius 3 is 2.12 bits per heavy atom. The van der Waals surface area contributed by atoms with Crippen LogP contribution in [0.2, 0.25) is 5.02 Å². The van der Waals surface area contributed by atoms with Crippen molar-refractivity contribution in [2.45, 2.75) is 62.6 Å². The van der Waals surface area contributed by atoms with Crippen molar-refractivity contribution in [3.63, 3.8) is 0 Å². The quantitative estimate of drug-likeness (QED) is 0.288. The standard InChI is InChI=1S/C32H38ClN3O6S/c1-23(32(38)34-26-9-5-4-6-10-26)35(21-24-12-14-28(41-2)15-13-24)31(37)22-36(27-11-7-8-25(33)20-27)43(39,40)30-18-16-29(42-3)17-19-30/h7-8,11-20,23,26H,4-6,9-10,21-22H2,1-3H3,(H,34,38). The van der Waals surface area contributed by atoms with Gasteiger partial charge in [0.25, 0.3) is 10.0 Å². The SMILES string of the molecule is COc1ccc(CN(C(=O)CN(c2cccc(Cl)c2)S(=O)(=O)c2ccc(OC)cc2)C(C)C(=O)NC2CCCCC2)cc1. The van der Waals surface area contributed by atoms with E-state index in [1.165, 1.54) is 30.2 Å². The summed E-state index contributed by atoms with van der Waals surface area (Å²) in [4.78, 5) is 29.0. The minimum Gasteiger partial charge on any atom is -0.497 e. The number of carbonyl (C=O) groups is 2. The molecule has 2 amide bonds. The van der Waals surface area contributed by atoms with Gasteiger partial charge in [0.05, 0.1) is 24.8 Å². The minimum atomic E-state index is -4.22. The van der Waals surface area contributed by atoms with Gasteiger partial charge in [0.2, 0.25) is 11.8 Å². The van der Waals surface area contributed by atoms with Crippen molar-refractivity contribution in [1.82, 2.24) is 10.2 Å². The zero-order valence-electron chi connectivity index (χ0n) is 24.7. The summed E-state index contributed by atoms with van der Waals surface area (Å²) in [6, 6.07) is 18.6. The van der Waals surface area contributed by atoms with Crippen LogP contribution in [0.3, 0.4) is 0 Å². The molecule has 0 bridgehead atoms. The van der Waals surface area contributed by atoms with Crippen molar-refractivity contribution in [1.29, 1.82) is 0 Å². The van der Waals surface area contributed by atoms with Crippen LogP contribution in [0.4, 0.5) is 5.69 Å². The number of sulfonamides is 1. The lowest BCUT2D eigenvalue weighted by Gasteiger charge is -2.33. The van der Waals surface area contributed by atoms with Crippen LogP contribution in [-0.2, 0) is 26.2 Å². The van der Waals surface area contributed by atoms with E-state index in [0.29, 0.717) is 16.5 Å². The van der Waals surface area contributed by atoms with E-state index in [2.05, 4.69) is 5.32 Å². The molecular formula is C32H38ClN3O6S. The Morgan fingerprint density at radius 1 is 0.930 bits per heavy atom. The summed E-state index contributed by atoms with van der Waals surface area (Å²) in [7, 11) is -1.17. The lowest BCUT2D eigenvalue weighted by Crippen LogP contribution is -2.53. The molecule has 0 heterocycles. The number of rotatable bonds is 12. The molecule has 1 aliphatic rings. The molecule has 0 spiro atoms. The third kappa shape index (κ3) is 8.20. The number of ether oxygens (including phenoxy) is 2. The van der Waals surface area contributed by atoms with Crippen LogP contribution in [0.25, 0.3) is 0 Å². The molecule has 4 rings (SSSR count). The summed E-state index contributed by atoms with van der Waals surface area (Å²) in [5.41, 5.74) is 0.985. The highest BCUT2D eigenvalue weighted by Gasteiger charge is 2.33. The van der Waals surface area contributed by atoms with Gasteiger partial charge in [0, 0.05) is 17.6 Å². The second-order valence-corrected chi connectivity index (χ2v) is 12.9. The van der Waals surface area contributed by atoms with Crippen LogP contribution in [-0.4, -0.2) is 58.0 Å². The second kappa shape index (κ2) is 14.6. The number of halogens is 1. The fraction of sp³-hybridized carbons (Fsp3) is 0.375. The van der Waals surface area contributed by atoms with E-state index < -0.39 is 28.5 Å². The van der Waals surface area contributed by atoms with E-state index >= 15 is 0 Å². The summed E-state index contributed by atoms with van der Waals surface area (Å²) in [5, 5.41) is 3.42. The number of nitrogens with one attached hydrogen (secondary N) is 1. The molecule has 1 N–H and O–H groups in total. The monoisotopic (exact) mass is 627 g/mol. The van der Waals surface area contributed by atoms with Gasteiger partial charge in [0.15, 0.2) is 0 Å². The number of hydrogen-bond donors (Lipinski definition) is 1. The molecule has 3 aromatic rings. The Kier molecular flexibility index (Phi) is 10.9. The molecule has 43 heavy (non-hydrogen) atoms. The summed E-state index contributed by atoms with van der Waals surface area (Å²) in [6.07, 6.45) is 5.03.